The van der Waals surface area contributed by atoms with Crippen molar-refractivity contribution in [3.8, 4) is 0 Å². The molecule has 148 valence electrons. The van der Waals surface area contributed by atoms with Crippen LogP contribution < -0.4 is 10.6 Å². The van der Waals surface area contributed by atoms with Crippen molar-refractivity contribution in [2.45, 2.75) is 79.0 Å². The summed E-state index contributed by atoms with van der Waals surface area (Å²) in [5.41, 5.74) is 0. The minimum absolute atomic E-state index is 0.280. The quantitative estimate of drug-likeness (QED) is 0.520. The van der Waals surface area contributed by atoms with Gasteiger partial charge in [-0.05, 0) is 39.0 Å². The Morgan fingerprint density at radius 3 is 2.77 bits per heavy atom. The van der Waals surface area contributed by atoms with Crippen molar-refractivity contribution >= 4 is 5.96 Å². The van der Waals surface area contributed by atoms with Gasteiger partial charge in [0.1, 0.15) is 12.4 Å². The van der Waals surface area contributed by atoms with E-state index in [1.165, 1.54) is 19.3 Å². The Bertz CT molecular complexity index is 554. The van der Waals surface area contributed by atoms with Gasteiger partial charge in [-0.3, -0.25) is 0 Å². The molecule has 1 atom stereocenters. The summed E-state index contributed by atoms with van der Waals surface area (Å²) in [6, 6.07) is 0. The van der Waals surface area contributed by atoms with Crippen molar-refractivity contribution in [1.29, 1.82) is 0 Å². The number of ether oxygens (including phenoxy) is 1. The van der Waals surface area contributed by atoms with Gasteiger partial charge in [-0.25, -0.2) is 4.99 Å². The second-order valence-corrected chi connectivity index (χ2v) is 7.14. The van der Waals surface area contributed by atoms with Gasteiger partial charge >= 0.3 is 0 Å². The second kappa shape index (κ2) is 11.2. The highest BCUT2D eigenvalue weighted by molar-refractivity contribution is 5.79. The molecule has 0 amide bonds. The first kappa shape index (κ1) is 20.7. The van der Waals surface area contributed by atoms with E-state index >= 15 is 0 Å². The van der Waals surface area contributed by atoms with Crippen LogP contribution in [-0.2, 0) is 24.2 Å². The third-order valence-corrected chi connectivity index (χ3v) is 4.75. The van der Waals surface area contributed by atoms with Crippen LogP contribution >= 0.6 is 0 Å². The zero-order valence-electron chi connectivity index (χ0n) is 16.9. The lowest BCUT2D eigenvalue weighted by Gasteiger charge is -2.21. The number of guanidine groups is 1. The molecule has 0 aliphatic carbocycles. The van der Waals surface area contributed by atoms with Crippen molar-refractivity contribution in [3.05, 3.63) is 11.6 Å². The van der Waals surface area contributed by atoms with E-state index in [1.54, 1.807) is 0 Å². The molecule has 7 heteroatoms. The zero-order chi connectivity index (χ0) is 18.8. The summed E-state index contributed by atoms with van der Waals surface area (Å²) in [5, 5.41) is 15.4. The molecule has 0 spiro atoms. The van der Waals surface area contributed by atoms with Crippen LogP contribution in [0, 0.1) is 5.92 Å². The summed E-state index contributed by atoms with van der Waals surface area (Å²) in [6.45, 7) is 12.5. The molecule has 0 bridgehead atoms. The number of aliphatic imine (C=N–C) groups is 1. The Kier molecular flexibility index (Phi) is 8.88. The van der Waals surface area contributed by atoms with Crippen LogP contribution in [0.5, 0.6) is 0 Å². The molecule has 1 aromatic heterocycles. The molecule has 0 fully saturated rings. The van der Waals surface area contributed by atoms with Gasteiger partial charge in [0.15, 0.2) is 11.8 Å². The van der Waals surface area contributed by atoms with E-state index in [4.69, 9.17) is 9.73 Å². The van der Waals surface area contributed by atoms with Crippen molar-refractivity contribution in [2.75, 3.05) is 19.7 Å². The minimum atomic E-state index is 0.280. The molecule has 2 N–H and O–H groups in total. The molecule has 1 aliphatic heterocycles. The number of fused-ring (bicyclic) bond motifs is 1. The fourth-order valence-corrected chi connectivity index (χ4v) is 3.31. The van der Waals surface area contributed by atoms with Crippen molar-refractivity contribution < 1.29 is 4.74 Å². The van der Waals surface area contributed by atoms with E-state index < -0.39 is 0 Å². The van der Waals surface area contributed by atoms with Crippen LogP contribution in [0.2, 0.25) is 0 Å². The number of aryl methyl sites for hydroxylation is 1. The van der Waals surface area contributed by atoms with Gasteiger partial charge in [0.05, 0.1) is 6.10 Å². The van der Waals surface area contributed by atoms with Gasteiger partial charge in [-0.2, -0.15) is 0 Å². The summed E-state index contributed by atoms with van der Waals surface area (Å²) in [5.74, 6) is 3.43. The predicted molar refractivity (Wildman–Crippen MR) is 105 cm³/mol. The third-order valence-electron chi connectivity index (χ3n) is 4.75. The molecular weight excluding hydrogens is 328 g/mol. The van der Waals surface area contributed by atoms with Gasteiger partial charge in [-0.15, -0.1) is 10.2 Å². The fraction of sp³-hybridized carbons (Fsp3) is 0.842. The smallest absolute Gasteiger partial charge is 0.191 e. The van der Waals surface area contributed by atoms with E-state index in [0.29, 0.717) is 12.5 Å². The SMILES string of the molecule is CCNC(=NCc1nnc2n1CCCCC2)NCCC(OCC)C(C)C. The Hall–Kier alpha value is -1.63. The van der Waals surface area contributed by atoms with Crippen LogP contribution in [0.1, 0.15) is 65.0 Å². The van der Waals surface area contributed by atoms with E-state index in [0.717, 1.165) is 56.7 Å². The number of rotatable bonds is 9. The average Bonchev–Trinajstić information content (AvgIpc) is 2.85. The Morgan fingerprint density at radius 2 is 2.04 bits per heavy atom. The molecule has 0 saturated carbocycles. The topological polar surface area (TPSA) is 76.4 Å². The molecule has 2 heterocycles. The molecule has 2 rings (SSSR count). The number of nitrogens with zero attached hydrogens (tertiary/aromatic N) is 4. The molecule has 0 aromatic carbocycles. The lowest BCUT2D eigenvalue weighted by Crippen LogP contribution is -2.39. The van der Waals surface area contributed by atoms with Gasteiger partial charge < -0.3 is 19.9 Å². The van der Waals surface area contributed by atoms with Crippen LogP contribution in [0.25, 0.3) is 0 Å². The summed E-state index contributed by atoms with van der Waals surface area (Å²) in [7, 11) is 0. The van der Waals surface area contributed by atoms with Crippen LogP contribution in [-0.4, -0.2) is 46.5 Å². The fourth-order valence-electron chi connectivity index (χ4n) is 3.31. The lowest BCUT2D eigenvalue weighted by molar-refractivity contribution is 0.0258. The molecule has 1 aromatic rings. The summed E-state index contributed by atoms with van der Waals surface area (Å²) in [4.78, 5) is 4.71. The van der Waals surface area contributed by atoms with Gasteiger partial charge in [0.2, 0.25) is 0 Å². The van der Waals surface area contributed by atoms with Crippen molar-refractivity contribution in [2.24, 2.45) is 10.9 Å². The van der Waals surface area contributed by atoms with E-state index in [1.807, 2.05) is 0 Å². The second-order valence-electron chi connectivity index (χ2n) is 7.14. The first-order valence-electron chi connectivity index (χ1n) is 10.2. The van der Waals surface area contributed by atoms with Gasteiger partial charge in [0.25, 0.3) is 0 Å². The van der Waals surface area contributed by atoms with Crippen molar-refractivity contribution in [1.82, 2.24) is 25.4 Å². The Balaban J connectivity index is 1.91. The summed E-state index contributed by atoms with van der Waals surface area (Å²) >= 11 is 0. The third kappa shape index (κ3) is 6.27. The summed E-state index contributed by atoms with van der Waals surface area (Å²) in [6.07, 6.45) is 5.96. The normalized spacial score (nSPS) is 16.3. The molecule has 1 aliphatic rings. The lowest BCUT2D eigenvalue weighted by atomic mass is 10.0. The monoisotopic (exact) mass is 364 g/mol. The maximum atomic E-state index is 5.82. The maximum absolute atomic E-state index is 5.82. The van der Waals surface area contributed by atoms with Gasteiger partial charge in [-0.1, -0.05) is 20.3 Å². The number of nitrogens with one attached hydrogen (secondary N) is 2. The molecule has 0 saturated heterocycles. The predicted octanol–water partition coefficient (Wildman–Crippen LogP) is 2.51. The molecular formula is C19H36N6O. The van der Waals surface area contributed by atoms with Crippen molar-refractivity contribution in [3.63, 3.8) is 0 Å². The van der Waals surface area contributed by atoms with E-state index in [-0.39, 0.29) is 6.10 Å². The van der Waals surface area contributed by atoms with E-state index in [2.05, 4.69) is 53.1 Å². The average molecular weight is 365 g/mol. The zero-order valence-corrected chi connectivity index (χ0v) is 16.9. The maximum Gasteiger partial charge on any atom is 0.191 e. The first-order chi connectivity index (χ1) is 12.7. The molecule has 1 unspecified atom stereocenters. The van der Waals surface area contributed by atoms with Crippen LogP contribution in [0.15, 0.2) is 4.99 Å². The first-order valence-corrected chi connectivity index (χ1v) is 10.2. The summed E-state index contributed by atoms with van der Waals surface area (Å²) < 4.78 is 8.07. The van der Waals surface area contributed by atoms with Crippen LogP contribution in [0.4, 0.5) is 0 Å². The van der Waals surface area contributed by atoms with Gasteiger partial charge in [0, 0.05) is 32.7 Å². The number of aromatic nitrogens is 3. The largest absolute Gasteiger partial charge is 0.378 e. The number of hydrogen-bond donors (Lipinski definition) is 2. The highest BCUT2D eigenvalue weighted by Crippen LogP contribution is 2.15. The Labute approximate surface area is 158 Å². The van der Waals surface area contributed by atoms with E-state index in [9.17, 15) is 0 Å². The van der Waals surface area contributed by atoms with Crippen LogP contribution in [0.3, 0.4) is 0 Å². The highest BCUT2D eigenvalue weighted by Gasteiger charge is 2.15. The molecule has 26 heavy (non-hydrogen) atoms. The number of hydrogen-bond acceptors (Lipinski definition) is 4. The highest BCUT2D eigenvalue weighted by atomic mass is 16.5. The Morgan fingerprint density at radius 1 is 1.19 bits per heavy atom. The standard InChI is InChI=1S/C19H36N6O/c1-5-20-19(21-12-11-16(15(3)4)26-6-2)22-14-18-24-23-17-10-8-7-9-13-25(17)18/h15-16H,5-14H2,1-4H3,(H2,20,21,22). The molecule has 0 radical (unpaired) electrons. The molecule has 7 nitrogen and oxygen atoms in total. The minimum Gasteiger partial charge on any atom is -0.378 e.